The van der Waals surface area contributed by atoms with Gasteiger partial charge in [0.1, 0.15) is 18.1 Å². The van der Waals surface area contributed by atoms with Crippen molar-refractivity contribution in [1.82, 2.24) is 19.7 Å². The van der Waals surface area contributed by atoms with Crippen LogP contribution in [-0.2, 0) is 41.9 Å². The van der Waals surface area contributed by atoms with E-state index in [1.807, 2.05) is 0 Å². The van der Waals surface area contributed by atoms with Crippen LogP contribution in [0.2, 0.25) is 0 Å². The average Bonchev–Trinajstić information content (AvgIpc) is 2.87. The van der Waals surface area contributed by atoms with Crippen LogP contribution in [0.25, 0.3) is 0 Å². The molecule has 3 amide bonds. The van der Waals surface area contributed by atoms with Gasteiger partial charge in [-0.05, 0) is 31.4 Å². The number of primary amides is 3. The topological polar surface area (TPSA) is 264 Å². The van der Waals surface area contributed by atoms with E-state index in [0.29, 0.717) is 11.4 Å². The number of rotatable bonds is 15. The normalized spacial score (nSPS) is 17.6. The highest BCUT2D eigenvalue weighted by molar-refractivity contribution is 5.78. The number of hydrogen-bond donors (Lipinski definition) is 6. The van der Waals surface area contributed by atoms with Crippen LogP contribution in [0.5, 0.6) is 0 Å². The predicted octanol–water partition coefficient (Wildman–Crippen LogP) is -1.84. The fourth-order valence-corrected chi connectivity index (χ4v) is 4.97. The van der Waals surface area contributed by atoms with E-state index in [9.17, 15) is 44.1 Å². The first-order valence-electron chi connectivity index (χ1n) is 13.5. The highest BCUT2D eigenvalue weighted by Gasteiger charge is 2.33. The number of carboxylic acids is 3. The summed E-state index contributed by atoms with van der Waals surface area (Å²) in [4.78, 5) is 80.4. The van der Waals surface area contributed by atoms with Crippen molar-refractivity contribution in [3.8, 4) is 0 Å². The van der Waals surface area contributed by atoms with Crippen LogP contribution in [-0.4, -0.2) is 115 Å². The summed E-state index contributed by atoms with van der Waals surface area (Å²) in [7, 11) is 0. The van der Waals surface area contributed by atoms with Crippen LogP contribution in [0.3, 0.4) is 0 Å². The molecule has 2 heterocycles. The number of carboxylic acid groups (broad SMARTS) is 3. The van der Waals surface area contributed by atoms with Crippen LogP contribution < -0.4 is 17.2 Å². The molecule has 9 N–H and O–H groups in total. The molecule has 0 fully saturated rings. The van der Waals surface area contributed by atoms with Gasteiger partial charge in [0.15, 0.2) is 0 Å². The van der Waals surface area contributed by atoms with Gasteiger partial charge in [0.05, 0.1) is 11.4 Å². The third-order valence-electron chi connectivity index (χ3n) is 7.11. The Hall–Kier alpha value is -4.15. The molecular weight excluding hydrogens is 554 g/mol. The monoisotopic (exact) mass is 593 g/mol. The van der Waals surface area contributed by atoms with Gasteiger partial charge in [0.25, 0.3) is 0 Å². The summed E-state index contributed by atoms with van der Waals surface area (Å²) < 4.78 is 0. The van der Waals surface area contributed by atoms with Gasteiger partial charge in [-0.2, -0.15) is 0 Å². The molecule has 0 saturated carbocycles. The molecule has 2 rings (SSSR count). The van der Waals surface area contributed by atoms with Crippen LogP contribution in [0.1, 0.15) is 49.9 Å². The molecule has 16 heteroatoms. The number of carbonyl (C=O) groups excluding carboxylic acids is 3. The van der Waals surface area contributed by atoms with Crippen molar-refractivity contribution in [1.29, 1.82) is 0 Å². The Morgan fingerprint density at radius 2 is 0.929 bits per heavy atom. The Morgan fingerprint density at radius 1 is 0.619 bits per heavy atom. The molecule has 3 unspecified atom stereocenters. The molecular formula is C26H39N7O9. The summed E-state index contributed by atoms with van der Waals surface area (Å²) in [6.45, 7) is 0.157. The predicted molar refractivity (Wildman–Crippen MR) is 146 cm³/mol. The first-order chi connectivity index (χ1) is 19.8. The minimum Gasteiger partial charge on any atom is -0.480 e. The van der Waals surface area contributed by atoms with Gasteiger partial charge >= 0.3 is 17.9 Å². The Morgan fingerprint density at radius 3 is 1.24 bits per heavy atom. The summed E-state index contributed by atoms with van der Waals surface area (Å²) >= 11 is 0. The molecule has 232 valence electrons. The van der Waals surface area contributed by atoms with Crippen LogP contribution in [0.4, 0.5) is 0 Å². The van der Waals surface area contributed by atoms with Gasteiger partial charge < -0.3 is 32.5 Å². The summed E-state index contributed by atoms with van der Waals surface area (Å²) in [5.41, 5.74) is 16.7. The maximum atomic E-state index is 12.3. The highest BCUT2D eigenvalue weighted by atomic mass is 16.4. The molecule has 0 aliphatic carbocycles. The zero-order valence-electron chi connectivity index (χ0n) is 23.3. The van der Waals surface area contributed by atoms with E-state index < -0.39 is 53.8 Å². The van der Waals surface area contributed by atoms with Gasteiger partial charge in [-0.25, -0.2) is 0 Å². The van der Waals surface area contributed by atoms with Crippen molar-refractivity contribution in [2.45, 2.75) is 69.7 Å². The standard InChI is InChI=1S/C26H39N7O9/c27-21(34)7-4-18(24(37)38)31-10-12-32(19(25(39)40)5-8-22(28)35)14-16-2-1-3-17(30-16)15-33(13-11-31)20(26(41)42)6-9-23(29)36/h1-3,18-20H,4-15H2,(H2,27,34)(H2,28,35)(H2,29,36)(H,37,38)(H,39,40)(H,41,42). The molecule has 0 aromatic carbocycles. The number of fused-ring (bicyclic) bond motifs is 2. The lowest BCUT2D eigenvalue weighted by Gasteiger charge is -2.36. The molecule has 3 atom stereocenters. The summed E-state index contributed by atoms with van der Waals surface area (Å²) in [5.74, 6) is -5.66. The Bertz CT molecular complexity index is 1080. The SMILES string of the molecule is NC(=O)CCC(C(=O)O)N1CCN(C(CCC(N)=O)C(=O)O)Cc2cccc(n2)CN(C(CCC(N)=O)C(=O)O)CC1. The molecule has 2 bridgehead atoms. The first-order valence-corrected chi connectivity index (χ1v) is 13.5. The van der Waals surface area contributed by atoms with Gasteiger partial charge in [-0.1, -0.05) is 6.07 Å². The number of amides is 3. The number of nitrogens with zero attached hydrogens (tertiary/aromatic N) is 4. The van der Waals surface area contributed by atoms with E-state index in [1.54, 1.807) is 28.0 Å². The first kappa shape index (κ1) is 34.1. The van der Waals surface area contributed by atoms with E-state index in [0.717, 1.165) is 0 Å². The van der Waals surface area contributed by atoms with Crippen molar-refractivity contribution in [2.24, 2.45) is 17.2 Å². The zero-order chi connectivity index (χ0) is 31.4. The van der Waals surface area contributed by atoms with E-state index in [4.69, 9.17) is 17.2 Å². The quantitative estimate of drug-likeness (QED) is 0.131. The second-order valence-electron chi connectivity index (χ2n) is 10.2. The lowest BCUT2D eigenvalue weighted by Crippen LogP contribution is -2.52. The van der Waals surface area contributed by atoms with E-state index in [1.165, 1.54) is 4.90 Å². The van der Waals surface area contributed by atoms with Crippen molar-refractivity contribution >= 4 is 35.6 Å². The molecule has 0 spiro atoms. The minimum atomic E-state index is -1.24. The number of hydrogen-bond acceptors (Lipinski definition) is 10. The Kier molecular flexibility index (Phi) is 13.2. The van der Waals surface area contributed by atoms with Gasteiger partial charge in [0, 0.05) is 58.5 Å². The summed E-state index contributed by atoms with van der Waals surface area (Å²) in [6, 6.07) is 1.59. The van der Waals surface area contributed by atoms with Crippen LogP contribution in [0.15, 0.2) is 18.2 Å². The largest absolute Gasteiger partial charge is 0.480 e. The van der Waals surface area contributed by atoms with Crippen molar-refractivity contribution < 1.29 is 44.1 Å². The van der Waals surface area contributed by atoms with E-state index in [-0.39, 0.29) is 77.8 Å². The van der Waals surface area contributed by atoms with Gasteiger partial charge in [-0.15, -0.1) is 0 Å². The Balaban J connectivity index is 2.55. The smallest absolute Gasteiger partial charge is 0.320 e. The van der Waals surface area contributed by atoms with Gasteiger partial charge in [-0.3, -0.25) is 48.5 Å². The number of aliphatic carboxylic acids is 3. The van der Waals surface area contributed by atoms with Crippen molar-refractivity contribution in [3.63, 3.8) is 0 Å². The molecule has 1 aliphatic rings. The average molecular weight is 594 g/mol. The number of aromatic nitrogens is 1. The maximum Gasteiger partial charge on any atom is 0.320 e. The highest BCUT2D eigenvalue weighted by Crippen LogP contribution is 2.19. The number of nitrogens with two attached hydrogens (primary N) is 3. The lowest BCUT2D eigenvalue weighted by atomic mass is 10.1. The Labute approximate surface area is 242 Å². The van der Waals surface area contributed by atoms with Crippen molar-refractivity contribution in [3.05, 3.63) is 29.6 Å². The molecule has 0 saturated heterocycles. The number of carbonyl (C=O) groups is 6. The summed E-state index contributed by atoms with van der Waals surface area (Å²) in [5, 5.41) is 30.0. The lowest BCUT2D eigenvalue weighted by molar-refractivity contribution is -0.147. The summed E-state index contributed by atoms with van der Waals surface area (Å²) in [6.07, 6.45) is -0.873. The zero-order valence-corrected chi connectivity index (χ0v) is 23.3. The molecule has 1 aliphatic heterocycles. The molecule has 1 aromatic rings. The van der Waals surface area contributed by atoms with Gasteiger partial charge in [0.2, 0.25) is 17.7 Å². The number of pyridine rings is 1. The maximum absolute atomic E-state index is 12.3. The van der Waals surface area contributed by atoms with Crippen LogP contribution >= 0.6 is 0 Å². The second kappa shape index (κ2) is 16.3. The van der Waals surface area contributed by atoms with E-state index >= 15 is 0 Å². The third kappa shape index (κ3) is 11.0. The molecule has 1 aromatic heterocycles. The minimum absolute atomic E-state index is 0.0165. The third-order valence-corrected chi connectivity index (χ3v) is 7.11. The fraction of sp³-hybridized carbons (Fsp3) is 0.577. The van der Waals surface area contributed by atoms with Crippen molar-refractivity contribution in [2.75, 3.05) is 26.2 Å². The van der Waals surface area contributed by atoms with E-state index in [2.05, 4.69) is 4.98 Å². The second-order valence-corrected chi connectivity index (χ2v) is 10.2. The van der Waals surface area contributed by atoms with Crippen LogP contribution in [0, 0.1) is 0 Å². The molecule has 16 nitrogen and oxygen atoms in total. The molecule has 42 heavy (non-hydrogen) atoms. The fourth-order valence-electron chi connectivity index (χ4n) is 4.97. The molecule has 0 radical (unpaired) electrons.